The Hall–Kier alpha value is -4.27. The first-order chi connectivity index (χ1) is 19.3. The molecular formula is C37H25NS. The molecular weight excluding hydrogens is 490 g/mol. The number of aromatic nitrogens is 1. The Balaban J connectivity index is 1.25. The predicted octanol–water partition coefficient (Wildman–Crippen LogP) is 9.70. The minimum Gasteiger partial charge on any atom is -0.310 e. The van der Waals surface area contributed by atoms with Gasteiger partial charge < -0.3 is 4.57 Å². The molecule has 3 aliphatic rings. The fourth-order valence-corrected chi connectivity index (χ4v) is 8.48. The SMILES string of the molecule is C1=CC2Sc3cccc(-c4cccc5c4-c4ccccc4C5)c3C2C=C1n1c2ccccc2c2ccccc21. The van der Waals surface area contributed by atoms with Crippen LogP contribution >= 0.6 is 11.8 Å². The largest absolute Gasteiger partial charge is 0.310 e. The van der Waals surface area contributed by atoms with Crippen molar-refractivity contribution in [2.45, 2.75) is 22.5 Å². The zero-order valence-electron chi connectivity index (χ0n) is 21.3. The maximum Gasteiger partial charge on any atom is 0.0540 e. The molecule has 0 fully saturated rings. The lowest BCUT2D eigenvalue weighted by Gasteiger charge is -2.23. The second kappa shape index (κ2) is 8.11. The third kappa shape index (κ3) is 3.04. The molecule has 0 spiro atoms. The van der Waals surface area contributed by atoms with Gasteiger partial charge in [0.2, 0.25) is 0 Å². The average Bonchev–Trinajstić information content (AvgIpc) is 3.66. The number of hydrogen-bond acceptors (Lipinski definition) is 1. The van der Waals surface area contributed by atoms with Gasteiger partial charge in [-0.05, 0) is 69.6 Å². The van der Waals surface area contributed by atoms with Crippen LogP contribution in [0.25, 0.3) is 49.8 Å². The Morgan fingerprint density at radius 1 is 0.615 bits per heavy atom. The monoisotopic (exact) mass is 515 g/mol. The van der Waals surface area contributed by atoms with Crippen LogP contribution in [0.2, 0.25) is 0 Å². The maximum atomic E-state index is 2.53. The van der Waals surface area contributed by atoms with Crippen LogP contribution in [0.3, 0.4) is 0 Å². The number of benzene rings is 5. The molecule has 1 nitrogen and oxygen atoms in total. The Morgan fingerprint density at radius 2 is 1.28 bits per heavy atom. The summed E-state index contributed by atoms with van der Waals surface area (Å²) in [7, 11) is 0. The predicted molar refractivity (Wildman–Crippen MR) is 165 cm³/mol. The summed E-state index contributed by atoms with van der Waals surface area (Å²) in [5.74, 6) is 0.327. The molecule has 5 aromatic carbocycles. The Kier molecular flexibility index (Phi) is 4.50. The van der Waals surface area contributed by atoms with Crippen LogP contribution in [0.5, 0.6) is 0 Å². The number of fused-ring (bicyclic) bond motifs is 9. The molecule has 2 heteroatoms. The van der Waals surface area contributed by atoms with E-state index in [1.807, 2.05) is 11.8 Å². The maximum absolute atomic E-state index is 2.53. The highest BCUT2D eigenvalue weighted by molar-refractivity contribution is 8.00. The van der Waals surface area contributed by atoms with Crippen molar-refractivity contribution in [1.29, 1.82) is 0 Å². The Bertz CT molecular complexity index is 1990. The molecule has 6 aromatic rings. The Morgan fingerprint density at radius 3 is 2.13 bits per heavy atom. The van der Waals surface area contributed by atoms with Crippen LogP contribution in [0, 0.1) is 0 Å². The molecule has 0 bridgehead atoms. The molecule has 9 rings (SSSR count). The van der Waals surface area contributed by atoms with Gasteiger partial charge in [-0.15, -0.1) is 11.8 Å². The summed E-state index contributed by atoms with van der Waals surface area (Å²) in [5, 5.41) is 3.04. The van der Waals surface area contributed by atoms with Gasteiger partial charge in [-0.2, -0.15) is 0 Å². The van der Waals surface area contributed by atoms with Crippen molar-refractivity contribution in [3.05, 3.63) is 144 Å². The third-order valence-corrected chi connectivity index (χ3v) is 10.1. The zero-order chi connectivity index (χ0) is 25.5. The molecule has 0 radical (unpaired) electrons. The number of nitrogens with zero attached hydrogens (tertiary/aromatic N) is 1. The molecule has 39 heavy (non-hydrogen) atoms. The summed E-state index contributed by atoms with van der Waals surface area (Å²) >= 11 is 2.01. The molecule has 2 unspecified atom stereocenters. The van der Waals surface area contributed by atoms with E-state index < -0.39 is 0 Å². The highest BCUT2D eigenvalue weighted by Crippen LogP contribution is 2.54. The number of hydrogen-bond donors (Lipinski definition) is 0. The molecule has 184 valence electrons. The van der Waals surface area contributed by atoms with Gasteiger partial charge >= 0.3 is 0 Å². The first kappa shape index (κ1) is 21.6. The van der Waals surface area contributed by atoms with E-state index in [2.05, 4.69) is 132 Å². The van der Waals surface area contributed by atoms with Gasteiger partial charge in [-0.1, -0.05) is 103 Å². The zero-order valence-corrected chi connectivity index (χ0v) is 22.2. The van der Waals surface area contributed by atoms with E-state index in [9.17, 15) is 0 Å². The van der Waals surface area contributed by atoms with Gasteiger partial charge in [0.15, 0.2) is 0 Å². The number of rotatable bonds is 2. The number of allylic oxidation sites excluding steroid dienone is 3. The molecule has 2 heterocycles. The fraction of sp³-hybridized carbons (Fsp3) is 0.0811. The smallest absolute Gasteiger partial charge is 0.0540 e. The first-order valence-electron chi connectivity index (χ1n) is 13.7. The van der Waals surface area contributed by atoms with E-state index in [-0.39, 0.29) is 0 Å². The Labute approximate surface area is 232 Å². The van der Waals surface area contributed by atoms with Crippen LogP contribution in [0.15, 0.2) is 132 Å². The lowest BCUT2D eigenvalue weighted by molar-refractivity contribution is 0.878. The number of thioether (sulfide) groups is 1. The van der Waals surface area contributed by atoms with E-state index in [1.54, 1.807) is 0 Å². The molecule has 0 saturated heterocycles. The van der Waals surface area contributed by atoms with Crippen LogP contribution < -0.4 is 0 Å². The van der Waals surface area contributed by atoms with Crippen molar-refractivity contribution in [2.24, 2.45) is 0 Å². The van der Waals surface area contributed by atoms with Gasteiger partial charge in [0.1, 0.15) is 0 Å². The number of para-hydroxylation sites is 2. The minimum atomic E-state index is 0.327. The van der Waals surface area contributed by atoms with Crippen molar-refractivity contribution in [3.8, 4) is 22.3 Å². The van der Waals surface area contributed by atoms with E-state index in [0.29, 0.717) is 11.2 Å². The fourth-order valence-electron chi connectivity index (χ4n) is 7.14. The average molecular weight is 516 g/mol. The second-order valence-corrected chi connectivity index (χ2v) is 12.0. The third-order valence-electron chi connectivity index (χ3n) is 8.77. The molecule has 0 N–H and O–H groups in total. The summed E-state index contributed by atoms with van der Waals surface area (Å²) in [6.45, 7) is 0. The normalized spacial score (nSPS) is 18.6. The van der Waals surface area contributed by atoms with Crippen molar-refractivity contribution in [2.75, 3.05) is 0 Å². The van der Waals surface area contributed by atoms with Crippen molar-refractivity contribution in [1.82, 2.24) is 4.57 Å². The molecule has 0 saturated carbocycles. The van der Waals surface area contributed by atoms with E-state index in [0.717, 1.165) is 6.42 Å². The highest BCUT2D eigenvalue weighted by atomic mass is 32.2. The molecule has 2 atom stereocenters. The van der Waals surface area contributed by atoms with Gasteiger partial charge in [0, 0.05) is 32.5 Å². The van der Waals surface area contributed by atoms with Crippen molar-refractivity contribution in [3.63, 3.8) is 0 Å². The second-order valence-electron chi connectivity index (χ2n) is 10.8. The molecule has 1 aliphatic heterocycles. The molecule has 1 aromatic heterocycles. The standard InChI is InChI=1S/C37H25NS/c1-2-11-26-23(9-1)21-24-10-7-14-29(36(24)26)30-15-8-18-35-37(30)31-22-25(19-20-34(31)39-35)38-32-16-5-3-12-27(32)28-13-4-6-17-33(28)38/h1-20,22,31,34H,21H2. The van der Waals surface area contributed by atoms with Gasteiger partial charge in [0.05, 0.1) is 11.0 Å². The lowest BCUT2D eigenvalue weighted by atomic mass is 9.84. The van der Waals surface area contributed by atoms with E-state index >= 15 is 0 Å². The van der Waals surface area contributed by atoms with E-state index in [1.165, 1.54) is 71.3 Å². The van der Waals surface area contributed by atoms with Crippen molar-refractivity contribution >= 4 is 39.3 Å². The molecule has 2 aliphatic carbocycles. The summed E-state index contributed by atoms with van der Waals surface area (Å²) in [6, 6.07) is 40.3. The van der Waals surface area contributed by atoms with Crippen molar-refractivity contribution < 1.29 is 0 Å². The van der Waals surface area contributed by atoms with E-state index in [4.69, 9.17) is 0 Å². The van der Waals surface area contributed by atoms with Crippen LogP contribution in [0.4, 0.5) is 0 Å². The first-order valence-corrected chi connectivity index (χ1v) is 14.6. The van der Waals surface area contributed by atoms with Gasteiger partial charge in [-0.25, -0.2) is 0 Å². The molecule has 0 amide bonds. The summed E-state index contributed by atoms with van der Waals surface area (Å²) in [6.07, 6.45) is 8.33. The lowest BCUT2D eigenvalue weighted by Crippen LogP contribution is -2.12. The van der Waals surface area contributed by atoms with Gasteiger partial charge in [0.25, 0.3) is 0 Å². The summed E-state index contributed by atoms with van der Waals surface area (Å²) in [4.78, 5) is 1.41. The van der Waals surface area contributed by atoms with Crippen LogP contribution in [0.1, 0.15) is 22.6 Å². The highest BCUT2D eigenvalue weighted by Gasteiger charge is 2.36. The summed E-state index contributed by atoms with van der Waals surface area (Å²) < 4.78 is 2.46. The quantitative estimate of drug-likeness (QED) is 0.222. The topological polar surface area (TPSA) is 4.93 Å². The summed E-state index contributed by atoms with van der Waals surface area (Å²) in [5.41, 5.74) is 13.7. The van der Waals surface area contributed by atoms with Crippen LogP contribution in [-0.4, -0.2) is 9.82 Å². The van der Waals surface area contributed by atoms with Crippen LogP contribution in [-0.2, 0) is 6.42 Å². The minimum absolute atomic E-state index is 0.327. The van der Waals surface area contributed by atoms with Gasteiger partial charge in [-0.3, -0.25) is 0 Å².